The molecule has 4 heterocycles. The van der Waals surface area contributed by atoms with Crippen molar-refractivity contribution >= 4 is 17.5 Å². The molecule has 1 aliphatic rings. The lowest BCUT2D eigenvalue weighted by Crippen LogP contribution is -2.14. The van der Waals surface area contributed by atoms with Crippen LogP contribution in [0.3, 0.4) is 0 Å². The van der Waals surface area contributed by atoms with E-state index in [-0.39, 0.29) is 17.8 Å². The van der Waals surface area contributed by atoms with E-state index in [4.69, 9.17) is 0 Å². The Kier molecular flexibility index (Phi) is 4.16. The Bertz CT molecular complexity index is 933. The minimum absolute atomic E-state index is 0.0685. The van der Waals surface area contributed by atoms with Crippen molar-refractivity contribution in [3.8, 4) is 0 Å². The molecule has 0 amide bonds. The second kappa shape index (κ2) is 6.52. The molecule has 0 aliphatic carbocycles. The van der Waals surface area contributed by atoms with Crippen LogP contribution in [0.5, 0.6) is 0 Å². The van der Waals surface area contributed by atoms with Crippen LogP contribution in [0.1, 0.15) is 24.2 Å². The normalized spacial score (nSPS) is 16.4. The third kappa shape index (κ3) is 3.29. The third-order valence-electron chi connectivity index (χ3n) is 4.26. The van der Waals surface area contributed by atoms with Crippen LogP contribution in [0.25, 0.3) is 0 Å². The van der Waals surface area contributed by atoms with Gasteiger partial charge in [-0.25, -0.2) is 9.67 Å². The first-order valence-electron chi connectivity index (χ1n) is 8.31. The van der Waals surface area contributed by atoms with Crippen molar-refractivity contribution in [2.75, 3.05) is 17.2 Å². The second-order valence-corrected chi connectivity index (χ2v) is 6.04. The fourth-order valence-corrected chi connectivity index (χ4v) is 3.04. The molecule has 0 bridgehead atoms. The van der Waals surface area contributed by atoms with E-state index in [0.717, 1.165) is 11.9 Å². The van der Waals surface area contributed by atoms with Gasteiger partial charge in [0.25, 0.3) is 0 Å². The van der Waals surface area contributed by atoms with Crippen LogP contribution < -0.4 is 10.6 Å². The summed E-state index contributed by atoms with van der Waals surface area (Å²) in [6.45, 7) is 2.64. The van der Waals surface area contributed by atoms with Crippen molar-refractivity contribution in [2.45, 2.75) is 32.1 Å². The van der Waals surface area contributed by atoms with Crippen LogP contribution in [-0.2, 0) is 19.1 Å². The Morgan fingerprint density at radius 3 is 2.85 bits per heavy atom. The van der Waals surface area contributed by atoms with E-state index in [0.29, 0.717) is 25.2 Å². The lowest BCUT2D eigenvalue weighted by molar-refractivity contribution is -0.137. The molecule has 1 atom stereocenters. The summed E-state index contributed by atoms with van der Waals surface area (Å²) in [5, 5.41) is 17.7. The van der Waals surface area contributed by atoms with Gasteiger partial charge in [0, 0.05) is 25.4 Å². The summed E-state index contributed by atoms with van der Waals surface area (Å²) in [5.74, 6) is -0.189. The number of halogens is 3. The number of aromatic nitrogens is 7. The van der Waals surface area contributed by atoms with Gasteiger partial charge >= 0.3 is 6.18 Å². The molecule has 1 aliphatic heterocycles. The topological polar surface area (TPSA) is 98.4 Å². The molecule has 0 saturated heterocycles. The van der Waals surface area contributed by atoms with Crippen LogP contribution in [-0.4, -0.2) is 41.3 Å². The number of fused-ring (bicyclic) bond motifs is 1. The minimum atomic E-state index is -4.53. The van der Waals surface area contributed by atoms with Crippen molar-refractivity contribution in [3.63, 3.8) is 0 Å². The molecule has 12 heteroatoms. The maximum atomic E-state index is 13.1. The van der Waals surface area contributed by atoms with Crippen molar-refractivity contribution in [2.24, 2.45) is 0 Å². The van der Waals surface area contributed by atoms with Gasteiger partial charge in [0.15, 0.2) is 0 Å². The number of nitrogens with one attached hydrogen (secondary N) is 2. The Morgan fingerprint density at radius 2 is 2.15 bits per heavy atom. The van der Waals surface area contributed by atoms with E-state index in [1.54, 1.807) is 30.2 Å². The number of nitrogens with zero attached hydrogens (tertiary/aromatic N) is 7. The van der Waals surface area contributed by atoms with Crippen molar-refractivity contribution < 1.29 is 13.2 Å². The highest BCUT2D eigenvalue weighted by atomic mass is 19.4. The predicted molar refractivity (Wildman–Crippen MR) is 89.5 cm³/mol. The second-order valence-electron chi connectivity index (χ2n) is 6.04. The number of hydrogen-bond donors (Lipinski definition) is 2. The fraction of sp³-hybridized carbons (Fsp3) is 0.400. The van der Waals surface area contributed by atoms with Gasteiger partial charge in [0.2, 0.25) is 5.95 Å². The van der Waals surface area contributed by atoms with Crippen LogP contribution in [0, 0.1) is 0 Å². The van der Waals surface area contributed by atoms with Crippen molar-refractivity contribution in [3.05, 3.63) is 36.0 Å². The molecular formula is C15H16F3N9. The molecule has 0 saturated carbocycles. The summed E-state index contributed by atoms with van der Waals surface area (Å²) in [4.78, 5) is 7.79. The first-order chi connectivity index (χ1) is 13.0. The summed E-state index contributed by atoms with van der Waals surface area (Å²) < 4.78 is 42.8. The van der Waals surface area contributed by atoms with Crippen LogP contribution in [0.15, 0.2) is 24.8 Å². The molecule has 3 aromatic rings. The SMILES string of the molecule is CCNc1nc(Nc2cnn3c2C[C@@H](n2ccnn2)C3)ncc1C(F)(F)F. The summed E-state index contributed by atoms with van der Waals surface area (Å²) >= 11 is 0. The molecule has 142 valence electrons. The molecule has 4 rings (SSSR count). The summed E-state index contributed by atoms with van der Waals surface area (Å²) in [5.41, 5.74) is 0.658. The lowest BCUT2D eigenvalue weighted by atomic mass is 10.2. The highest BCUT2D eigenvalue weighted by Gasteiger charge is 2.35. The van der Waals surface area contributed by atoms with Gasteiger partial charge in [-0.05, 0) is 6.92 Å². The minimum Gasteiger partial charge on any atom is -0.370 e. The molecule has 2 N–H and O–H groups in total. The predicted octanol–water partition coefficient (Wildman–Crippen LogP) is 2.26. The quantitative estimate of drug-likeness (QED) is 0.702. The van der Waals surface area contributed by atoms with Gasteiger partial charge in [-0.15, -0.1) is 5.10 Å². The Hall–Kier alpha value is -3.18. The average molecular weight is 379 g/mol. The summed E-state index contributed by atoms with van der Waals surface area (Å²) in [6, 6.07) is 0.0857. The van der Waals surface area contributed by atoms with Gasteiger partial charge in [0.1, 0.15) is 11.4 Å². The van der Waals surface area contributed by atoms with E-state index in [1.165, 1.54) is 0 Å². The zero-order valence-corrected chi connectivity index (χ0v) is 14.3. The zero-order valence-electron chi connectivity index (χ0n) is 14.3. The molecule has 0 spiro atoms. The van der Waals surface area contributed by atoms with Crippen LogP contribution in [0.2, 0.25) is 0 Å². The fourth-order valence-electron chi connectivity index (χ4n) is 3.04. The number of anilines is 3. The first-order valence-corrected chi connectivity index (χ1v) is 8.31. The van der Waals surface area contributed by atoms with Crippen molar-refractivity contribution in [1.82, 2.24) is 34.7 Å². The molecule has 3 aromatic heterocycles. The highest BCUT2D eigenvalue weighted by Crippen LogP contribution is 2.35. The molecule has 9 nitrogen and oxygen atoms in total. The summed E-state index contributed by atoms with van der Waals surface area (Å²) in [6.07, 6.45) is 1.91. The molecule has 0 unspecified atom stereocenters. The van der Waals surface area contributed by atoms with E-state index < -0.39 is 11.7 Å². The largest absolute Gasteiger partial charge is 0.421 e. The number of rotatable bonds is 5. The average Bonchev–Trinajstić information content (AvgIpc) is 3.32. The highest BCUT2D eigenvalue weighted by molar-refractivity contribution is 5.59. The Labute approximate surface area is 151 Å². The molecule has 27 heavy (non-hydrogen) atoms. The Morgan fingerprint density at radius 1 is 1.30 bits per heavy atom. The zero-order chi connectivity index (χ0) is 19.0. The number of alkyl halides is 3. The van der Waals surface area contributed by atoms with Crippen LogP contribution in [0.4, 0.5) is 30.6 Å². The smallest absolute Gasteiger partial charge is 0.370 e. The first kappa shape index (κ1) is 17.2. The van der Waals surface area contributed by atoms with Gasteiger partial charge in [-0.1, -0.05) is 5.21 Å². The standard InChI is InChI=1S/C15H16F3N9/c1-2-19-13-10(15(16,17)18)6-20-14(24-13)23-11-7-22-27-8-9(5-12(11)27)26-4-3-21-25-26/h3-4,6-7,9H,2,5,8H2,1H3,(H2,19,20,23,24)/t9-/m1/s1. The monoisotopic (exact) mass is 379 g/mol. The molecule has 0 fully saturated rings. The van der Waals surface area contributed by atoms with Gasteiger partial charge in [0.05, 0.1) is 36.4 Å². The maximum absolute atomic E-state index is 13.1. The van der Waals surface area contributed by atoms with E-state index in [1.807, 2.05) is 4.68 Å². The van der Waals surface area contributed by atoms with Gasteiger partial charge in [-0.3, -0.25) is 4.68 Å². The van der Waals surface area contributed by atoms with E-state index in [2.05, 4.69) is 36.0 Å². The number of hydrogen-bond acceptors (Lipinski definition) is 7. The Balaban J connectivity index is 1.57. The molecule has 0 aromatic carbocycles. The van der Waals surface area contributed by atoms with Gasteiger partial charge < -0.3 is 10.6 Å². The van der Waals surface area contributed by atoms with E-state index >= 15 is 0 Å². The molecule has 0 radical (unpaired) electrons. The third-order valence-corrected chi connectivity index (χ3v) is 4.26. The maximum Gasteiger partial charge on any atom is 0.421 e. The van der Waals surface area contributed by atoms with Crippen molar-refractivity contribution in [1.29, 1.82) is 0 Å². The molecular weight excluding hydrogens is 363 g/mol. The van der Waals surface area contributed by atoms with E-state index in [9.17, 15) is 13.2 Å². The van der Waals surface area contributed by atoms with Crippen LogP contribution >= 0.6 is 0 Å². The lowest BCUT2D eigenvalue weighted by Gasteiger charge is -2.14. The summed E-state index contributed by atoms with van der Waals surface area (Å²) in [7, 11) is 0. The van der Waals surface area contributed by atoms with Gasteiger partial charge in [-0.2, -0.15) is 23.3 Å².